The van der Waals surface area contributed by atoms with Crippen molar-refractivity contribution >= 4 is 10.0 Å². The lowest BCUT2D eigenvalue weighted by Crippen LogP contribution is -2.45. The van der Waals surface area contributed by atoms with Crippen molar-refractivity contribution in [1.29, 1.82) is 0 Å². The van der Waals surface area contributed by atoms with Crippen LogP contribution >= 0.6 is 0 Å². The average molecular weight is 330 g/mol. The standard InChI is InChI=1S/C15H20F2N2O2S/c16-12-3-4-14(17)15(9-12)22(20,21)19-7-5-13(6-8-19)18-10-11-1-2-11/h3-4,9,11,13,18H,1-2,5-8,10H2. The van der Waals surface area contributed by atoms with Gasteiger partial charge in [0.1, 0.15) is 16.5 Å². The average Bonchev–Trinajstić information content (AvgIpc) is 3.32. The molecule has 1 heterocycles. The van der Waals surface area contributed by atoms with E-state index >= 15 is 0 Å². The molecule has 0 spiro atoms. The second-order valence-electron chi connectivity index (χ2n) is 6.10. The van der Waals surface area contributed by atoms with Gasteiger partial charge in [-0.25, -0.2) is 17.2 Å². The highest BCUT2D eigenvalue weighted by Gasteiger charge is 2.32. The first kappa shape index (κ1) is 15.8. The minimum absolute atomic E-state index is 0.310. The molecule has 7 heteroatoms. The highest BCUT2D eigenvalue weighted by Crippen LogP contribution is 2.28. The first-order valence-corrected chi connectivity index (χ1v) is 9.09. The van der Waals surface area contributed by atoms with Crippen LogP contribution < -0.4 is 5.32 Å². The summed E-state index contributed by atoms with van der Waals surface area (Å²) in [4.78, 5) is -0.572. The maximum absolute atomic E-state index is 13.7. The van der Waals surface area contributed by atoms with Crippen LogP contribution in [-0.4, -0.2) is 38.4 Å². The summed E-state index contributed by atoms with van der Waals surface area (Å²) < 4.78 is 53.1. The topological polar surface area (TPSA) is 49.4 Å². The summed E-state index contributed by atoms with van der Waals surface area (Å²) in [5, 5.41) is 3.46. The van der Waals surface area contributed by atoms with Gasteiger partial charge in [0, 0.05) is 19.1 Å². The van der Waals surface area contributed by atoms with E-state index in [-0.39, 0.29) is 0 Å². The van der Waals surface area contributed by atoms with Crippen LogP contribution in [0.1, 0.15) is 25.7 Å². The summed E-state index contributed by atoms with van der Waals surface area (Å²) in [5.74, 6) is -0.875. The number of hydrogen-bond donors (Lipinski definition) is 1. The van der Waals surface area contributed by atoms with Crippen molar-refractivity contribution in [3.8, 4) is 0 Å². The van der Waals surface area contributed by atoms with Crippen LogP contribution in [0, 0.1) is 17.6 Å². The Balaban J connectivity index is 1.64. The molecule has 0 amide bonds. The van der Waals surface area contributed by atoms with Gasteiger partial charge in [0.15, 0.2) is 0 Å². The third-order valence-electron chi connectivity index (χ3n) is 4.36. The minimum Gasteiger partial charge on any atom is -0.314 e. The van der Waals surface area contributed by atoms with E-state index in [4.69, 9.17) is 0 Å². The molecule has 1 saturated heterocycles. The molecule has 0 radical (unpaired) electrons. The lowest BCUT2D eigenvalue weighted by Gasteiger charge is -2.31. The zero-order chi connectivity index (χ0) is 15.7. The molecule has 1 aliphatic carbocycles. The molecular weight excluding hydrogens is 310 g/mol. The van der Waals surface area contributed by atoms with Crippen molar-refractivity contribution in [3.63, 3.8) is 0 Å². The molecule has 0 atom stereocenters. The number of nitrogens with one attached hydrogen (secondary N) is 1. The van der Waals surface area contributed by atoms with Crippen LogP contribution in [0.15, 0.2) is 23.1 Å². The van der Waals surface area contributed by atoms with E-state index in [0.717, 1.165) is 30.7 Å². The van der Waals surface area contributed by atoms with Crippen molar-refractivity contribution in [2.75, 3.05) is 19.6 Å². The monoisotopic (exact) mass is 330 g/mol. The van der Waals surface area contributed by atoms with Gasteiger partial charge >= 0.3 is 0 Å². The third kappa shape index (κ3) is 3.47. The number of nitrogens with zero attached hydrogens (tertiary/aromatic N) is 1. The van der Waals surface area contributed by atoms with Crippen molar-refractivity contribution in [3.05, 3.63) is 29.8 Å². The first-order valence-electron chi connectivity index (χ1n) is 7.65. The molecule has 0 unspecified atom stereocenters. The van der Waals surface area contributed by atoms with Crippen LogP contribution in [-0.2, 0) is 10.0 Å². The Morgan fingerprint density at radius 3 is 2.45 bits per heavy atom. The van der Waals surface area contributed by atoms with Crippen LogP contribution in [0.25, 0.3) is 0 Å². The number of hydrogen-bond acceptors (Lipinski definition) is 3. The molecule has 22 heavy (non-hydrogen) atoms. The molecule has 0 aromatic heterocycles. The summed E-state index contributed by atoms with van der Waals surface area (Å²) >= 11 is 0. The van der Waals surface area contributed by atoms with Gasteiger partial charge in [0.05, 0.1) is 0 Å². The smallest absolute Gasteiger partial charge is 0.246 e. The van der Waals surface area contributed by atoms with E-state index in [1.165, 1.54) is 17.1 Å². The molecule has 0 bridgehead atoms. The van der Waals surface area contributed by atoms with E-state index in [1.54, 1.807) is 0 Å². The number of rotatable bonds is 5. The van der Waals surface area contributed by atoms with Gasteiger partial charge < -0.3 is 5.32 Å². The molecule has 122 valence electrons. The Morgan fingerprint density at radius 1 is 1.14 bits per heavy atom. The summed E-state index contributed by atoms with van der Waals surface area (Å²) in [6, 6.07) is 2.83. The SMILES string of the molecule is O=S(=O)(c1cc(F)ccc1F)N1CCC(NCC2CC2)CC1. The number of sulfonamides is 1. The summed E-state index contributed by atoms with van der Waals surface area (Å²) in [6.07, 6.45) is 3.95. The fourth-order valence-electron chi connectivity index (χ4n) is 2.77. The quantitative estimate of drug-likeness (QED) is 0.900. The van der Waals surface area contributed by atoms with E-state index in [1.807, 2.05) is 0 Å². The van der Waals surface area contributed by atoms with Gasteiger partial charge in [0.2, 0.25) is 10.0 Å². The Kier molecular flexibility index (Phi) is 4.47. The van der Waals surface area contributed by atoms with Crippen LogP contribution in [0.4, 0.5) is 8.78 Å². The molecule has 2 aliphatic rings. The van der Waals surface area contributed by atoms with E-state index in [2.05, 4.69) is 5.32 Å². The Morgan fingerprint density at radius 2 is 1.82 bits per heavy atom. The van der Waals surface area contributed by atoms with E-state index in [9.17, 15) is 17.2 Å². The second-order valence-corrected chi connectivity index (χ2v) is 8.01. The van der Waals surface area contributed by atoms with Gasteiger partial charge in [-0.15, -0.1) is 0 Å². The Hall–Kier alpha value is -1.05. The highest BCUT2D eigenvalue weighted by atomic mass is 32.2. The predicted octanol–water partition coefficient (Wildman–Crippen LogP) is 2.12. The van der Waals surface area contributed by atoms with Gasteiger partial charge in [-0.3, -0.25) is 0 Å². The van der Waals surface area contributed by atoms with Crippen molar-refractivity contribution < 1.29 is 17.2 Å². The normalized spacial score (nSPS) is 21.2. The van der Waals surface area contributed by atoms with Gasteiger partial charge in [0.25, 0.3) is 0 Å². The molecule has 1 aromatic carbocycles. The largest absolute Gasteiger partial charge is 0.314 e. The lowest BCUT2D eigenvalue weighted by atomic mass is 10.1. The lowest BCUT2D eigenvalue weighted by molar-refractivity contribution is 0.287. The fraction of sp³-hybridized carbons (Fsp3) is 0.600. The Labute approximate surface area is 129 Å². The molecule has 1 aliphatic heterocycles. The zero-order valence-corrected chi connectivity index (χ0v) is 13.1. The number of halogens is 2. The predicted molar refractivity (Wildman–Crippen MR) is 78.9 cm³/mol. The van der Waals surface area contributed by atoms with Gasteiger partial charge in [-0.1, -0.05) is 0 Å². The molecule has 1 saturated carbocycles. The molecule has 2 fully saturated rings. The van der Waals surface area contributed by atoms with Gasteiger partial charge in [-0.2, -0.15) is 4.31 Å². The Bertz CT molecular complexity index is 639. The molecule has 4 nitrogen and oxygen atoms in total. The fourth-order valence-corrected chi connectivity index (χ4v) is 4.32. The maximum Gasteiger partial charge on any atom is 0.246 e. The number of benzene rings is 1. The van der Waals surface area contributed by atoms with Gasteiger partial charge in [-0.05, 0) is 56.3 Å². The molecule has 1 N–H and O–H groups in total. The second kappa shape index (κ2) is 6.22. The number of piperidine rings is 1. The highest BCUT2D eigenvalue weighted by molar-refractivity contribution is 7.89. The van der Waals surface area contributed by atoms with E-state index < -0.39 is 26.6 Å². The molecule has 1 aromatic rings. The van der Waals surface area contributed by atoms with Crippen LogP contribution in [0.2, 0.25) is 0 Å². The summed E-state index contributed by atoms with van der Waals surface area (Å²) in [7, 11) is -3.97. The van der Waals surface area contributed by atoms with Crippen LogP contribution in [0.3, 0.4) is 0 Å². The van der Waals surface area contributed by atoms with E-state index in [0.29, 0.717) is 32.0 Å². The van der Waals surface area contributed by atoms with Crippen molar-refractivity contribution in [2.24, 2.45) is 5.92 Å². The third-order valence-corrected chi connectivity index (χ3v) is 6.27. The maximum atomic E-state index is 13.7. The summed E-state index contributed by atoms with van der Waals surface area (Å²) in [6.45, 7) is 1.66. The van der Waals surface area contributed by atoms with Crippen molar-refractivity contribution in [2.45, 2.75) is 36.6 Å². The minimum atomic E-state index is -3.97. The zero-order valence-electron chi connectivity index (χ0n) is 12.3. The molecular formula is C15H20F2N2O2S. The first-order chi connectivity index (χ1) is 10.5. The summed E-state index contributed by atoms with van der Waals surface area (Å²) in [5.41, 5.74) is 0. The molecule has 3 rings (SSSR count). The van der Waals surface area contributed by atoms with Crippen molar-refractivity contribution in [1.82, 2.24) is 9.62 Å². The van der Waals surface area contributed by atoms with Crippen LogP contribution in [0.5, 0.6) is 0 Å².